The number of thiophene rings is 1. The number of carbonyl (C=O) groups is 2. The van der Waals surface area contributed by atoms with Crippen LogP contribution in [0, 0.1) is 13.8 Å². The van der Waals surface area contributed by atoms with E-state index in [0.717, 1.165) is 27.4 Å². The molecule has 0 unspecified atom stereocenters. The summed E-state index contributed by atoms with van der Waals surface area (Å²) in [6.45, 7) is 4.05. The Morgan fingerprint density at radius 2 is 1.70 bits per heavy atom. The second-order valence-corrected chi connectivity index (χ2v) is 7.64. The Labute approximate surface area is 162 Å². The first-order chi connectivity index (χ1) is 13.1. The molecule has 1 aliphatic heterocycles. The van der Waals surface area contributed by atoms with Crippen LogP contribution in [0.3, 0.4) is 0 Å². The van der Waals surface area contributed by atoms with Gasteiger partial charge in [0, 0.05) is 16.3 Å². The van der Waals surface area contributed by atoms with Gasteiger partial charge in [-0.1, -0.05) is 36.4 Å². The van der Waals surface area contributed by atoms with Gasteiger partial charge in [-0.05, 0) is 54.6 Å². The van der Waals surface area contributed by atoms with E-state index in [1.807, 2.05) is 79.9 Å². The smallest absolute Gasteiger partial charge is 0.256 e. The monoisotopic (exact) mass is 376 g/mol. The molecule has 4 rings (SSSR count). The van der Waals surface area contributed by atoms with Crippen LogP contribution in [0.4, 0.5) is 11.4 Å². The zero-order valence-corrected chi connectivity index (χ0v) is 16.1. The molecule has 27 heavy (non-hydrogen) atoms. The Morgan fingerprint density at radius 1 is 0.926 bits per heavy atom. The van der Waals surface area contributed by atoms with E-state index in [0.29, 0.717) is 0 Å². The number of piperazine rings is 1. The zero-order valence-electron chi connectivity index (χ0n) is 15.3. The standard InChI is InChI=1S/C22H20N2O2S/c1-15-8-6-11-18(16(15)2)23-14-20(25)24(17-9-4-3-5-10-17)21(22(23)26)19-12-7-13-27-19/h3-13,21H,14H2,1-2H3/t21-/m0/s1. The molecule has 3 aromatic rings. The largest absolute Gasteiger partial charge is 0.301 e. The van der Waals surface area contributed by atoms with E-state index in [1.165, 1.54) is 11.3 Å². The second-order valence-electron chi connectivity index (χ2n) is 6.66. The number of para-hydroxylation sites is 1. The van der Waals surface area contributed by atoms with Crippen molar-refractivity contribution >= 4 is 34.5 Å². The van der Waals surface area contributed by atoms with Gasteiger partial charge in [-0.25, -0.2) is 0 Å². The summed E-state index contributed by atoms with van der Waals surface area (Å²) in [5, 5.41) is 1.94. The van der Waals surface area contributed by atoms with Gasteiger partial charge in [0.25, 0.3) is 5.91 Å². The van der Waals surface area contributed by atoms with Crippen molar-refractivity contribution in [1.82, 2.24) is 0 Å². The van der Waals surface area contributed by atoms with Gasteiger partial charge in [0.1, 0.15) is 6.54 Å². The van der Waals surface area contributed by atoms with Crippen molar-refractivity contribution in [2.75, 3.05) is 16.3 Å². The normalized spacial score (nSPS) is 17.5. The van der Waals surface area contributed by atoms with Crippen LogP contribution in [-0.4, -0.2) is 18.4 Å². The van der Waals surface area contributed by atoms with Gasteiger partial charge < -0.3 is 4.90 Å². The maximum absolute atomic E-state index is 13.6. The van der Waals surface area contributed by atoms with Crippen LogP contribution in [-0.2, 0) is 9.59 Å². The second kappa shape index (κ2) is 7.00. The molecule has 5 heteroatoms. The molecule has 1 aliphatic rings. The van der Waals surface area contributed by atoms with Crippen molar-refractivity contribution < 1.29 is 9.59 Å². The Kier molecular flexibility index (Phi) is 4.54. The van der Waals surface area contributed by atoms with E-state index in [9.17, 15) is 9.59 Å². The first-order valence-corrected chi connectivity index (χ1v) is 9.74. The molecule has 1 aromatic heterocycles. The summed E-state index contributed by atoms with van der Waals surface area (Å²) in [6.07, 6.45) is 0. The predicted molar refractivity (Wildman–Crippen MR) is 109 cm³/mol. The number of benzene rings is 2. The van der Waals surface area contributed by atoms with Crippen molar-refractivity contribution in [1.29, 1.82) is 0 Å². The van der Waals surface area contributed by atoms with Crippen LogP contribution in [0.25, 0.3) is 0 Å². The summed E-state index contributed by atoms with van der Waals surface area (Å²) in [5.41, 5.74) is 3.68. The topological polar surface area (TPSA) is 40.6 Å². The number of amides is 2. The Balaban J connectivity index is 1.82. The van der Waals surface area contributed by atoms with Crippen LogP contribution in [0.1, 0.15) is 22.0 Å². The van der Waals surface area contributed by atoms with E-state index in [4.69, 9.17) is 0 Å². The number of nitrogens with zero attached hydrogens (tertiary/aromatic N) is 2. The predicted octanol–water partition coefficient (Wildman–Crippen LogP) is 4.49. The summed E-state index contributed by atoms with van der Waals surface area (Å²) in [5.74, 6) is -0.158. The average molecular weight is 376 g/mol. The third kappa shape index (κ3) is 3.04. The quantitative estimate of drug-likeness (QED) is 0.676. The van der Waals surface area contributed by atoms with Gasteiger partial charge in [-0.15, -0.1) is 11.3 Å². The van der Waals surface area contributed by atoms with E-state index < -0.39 is 6.04 Å². The van der Waals surface area contributed by atoms with Gasteiger partial charge in [0.05, 0.1) is 0 Å². The Morgan fingerprint density at radius 3 is 2.41 bits per heavy atom. The molecule has 0 radical (unpaired) electrons. The minimum atomic E-state index is -0.645. The molecule has 1 saturated heterocycles. The third-order valence-corrected chi connectivity index (χ3v) is 5.96. The summed E-state index contributed by atoms with van der Waals surface area (Å²) < 4.78 is 0. The number of hydrogen-bond acceptors (Lipinski definition) is 3. The van der Waals surface area contributed by atoms with Gasteiger partial charge in [-0.3, -0.25) is 14.5 Å². The van der Waals surface area contributed by atoms with E-state index in [2.05, 4.69) is 0 Å². The highest BCUT2D eigenvalue weighted by molar-refractivity contribution is 7.10. The van der Waals surface area contributed by atoms with Crippen molar-refractivity contribution in [2.24, 2.45) is 0 Å². The zero-order chi connectivity index (χ0) is 19.0. The van der Waals surface area contributed by atoms with Crippen LogP contribution in [0.15, 0.2) is 66.0 Å². The fourth-order valence-corrected chi connectivity index (χ4v) is 4.31. The maximum Gasteiger partial charge on any atom is 0.256 e. The minimum absolute atomic E-state index is 0.0416. The van der Waals surface area contributed by atoms with Gasteiger partial charge in [0.15, 0.2) is 6.04 Å². The molecule has 2 amide bonds. The number of hydrogen-bond donors (Lipinski definition) is 0. The van der Waals surface area contributed by atoms with Gasteiger partial charge in [0.2, 0.25) is 5.91 Å². The Bertz CT molecular complexity index is 983. The number of rotatable bonds is 3. The van der Waals surface area contributed by atoms with Crippen LogP contribution < -0.4 is 9.80 Å². The molecule has 1 atom stereocenters. The lowest BCUT2D eigenvalue weighted by atomic mass is 10.0. The van der Waals surface area contributed by atoms with Crippen LogP contribution >= 0.6 is 11.3 Å². The lowest BCUT2D eigenvalue weighted by molar-refractivity contribution is -0.128. The van der Waals surface area contributed by atoms with Crippen molar-refractivity contribution in [3.63, 3.8) is 0 Å². The van der Waals surface area contributed by atoms with Crippen LogP contribution in [0.2, 0.25) is 0 Å². The number of aryl methyl sites for hydroxylation is 1. The van der Waals surface area contributed by atoms with Gasteiger partial charge >= 0.3 is 0 Å². The highest BCUT2D eigenvalue weighted by Gasteiger charge is 2.42. The molecular weight excluding hydrogens is 356 g/mol. The van der Waals surface area contributed by atoms with E-state index in [-0.39, 0.29) is 18.4 Å². The molecule has 0 bridgehead atoms. The fraction of sp³-hybridized carbons (Fsp3) is 0.182. The van der Waals surface area contributed by atoms with E-state index in [1.54, 1.807) is 9.80 Å². The highest BCUT2D eigenvalue weighted by Crippen LogP contribution is 2.37. The summed E-state index contributed by atoms with van der Waals surface area (Å²) >= 11 is 1.50. The van der Waals surface area contributed by atoms with Crippen molar-refractivity contribution in [3.05, 3.63) is 82.0 Å². The molecule has 0 spiro atoms. The lowest BCUT2D eigenvalue weighted by Gasteiger charge is -2.40. The van der Waals surface area contributed by atoms with Crippen LogP contribution in [0.5, 0.6) is 0 Å². The van der Waals surface area contributed by atoms with Gasteiger partial charge in [-0.2, -0.15) is 0 Å². The SMILES string of the molecule is Cc1cccc(N2CC(=O)N(c3ccccc3)[C@@H](c3cccs3)C2=O)c1C. The summed E-state index contributed by atoms with van der Waals surface area (Å²) in [6, 6.07) is 18.5. The molecular formula is C22H20N2O2S. The number of anilines is 2. The minimum Gasteiger partial charge on any atom is -0.301 e. The molecule has 0 N–H and O–H groups in total. The first-order valence-electron chi connectivity index (χ1n) is 8.86. The lowest BCUT2D eigenvalue weighted by Crippen LogP contribution is -2.56. The molecule has 2 aromatic carbocycles. The summed E-state index contributed by atoms with van der Waals surface area (Å²) in [4.78, 5) is 30.9. The molecule has 0 aliphatic carbocycles. The Hall–Kier alpha value is -2.92. The first kappa shape index (κ1) is 17.5. The van der Waals surface area contributed by atoms with Crippen molar-refractivity contribution in [2.45, 2.75) is 19.9 Å². The van der Waals surface area contributed by atoms with Crippen molar-refractivity contribution in [3.8, 4) is 0 Å². The fourth-order valence-electron chi connectivity index (χ4n) is 3.50. The summed E-state index contributed by atoms with van der Waals surface area (Å²) in [7, 11) is 0. The average Bonchev–Trinajstić information content (AvgIpc) is 3.20. The maximum atomic E-state index is 13.6. The number of carbonyl (C=O) groups excluding carboxylic acids is 2. The molecule has 4 nitrogen and oxygen atoms in total. The third-order valence-electron chi connectivity index (χ3n) is 5.03. The molecule has 0 saturated carbocycles. The molecule has 1 fully saturated rings. The van der Waals surface area contributed by atoms with E-state index >= 15 is 0 Å². The highest BCUT2D eigenvalue weighted by atomic mass is 32.1. The molecule has 2 heterocycles. The molecule has 136 valence electrons.